The van der Waals surface area contributed by atoms with Gasteiger partial charge in [-0.2, -0.15) is 0 Å². The minimum atomic E-state index is -0.108. The molecule has 0 radical (unpaired) electrons. The number of nitrogens with one attached hydrogen (secondary N) is 1. The van der Waals surface area contributed by atoms with Crippen molar-refractivity contribution in [2.75, 3.05) is 5.32 Å². The minimum absolute atomic E-state index is 0.108. The van der Waals surface area contributed by atoms with Crippen LogP contribution in [0, 0.1) is 6.92 Å². The van der Waals surface area contributed by atoms with E-state index in [1.54, 1.807) is 0 Å². The standard InChI is InChI=1S/C25H19Cl2NO/c1-16-4-2-3-5-24(16)28-25(29)19-9-6-17(7-10-19)12-18-8-11-20-14-22(26)23(27)15-21(20)13-18/h2-11,13-15H,12H2,1H3,(H,28,29). The SMILES string of the molecule is Cc1ccccc1NC(=O)c1ccc(Cc2ccc3cc(Cl)c(Cl)cc3c2)cc1. The number of halogens is 2. The molecule has 0 aliphatic rings. The summed E-state index contributed by atoms with van der Waals surface area (Å²) in [6, 6.07) is 25.5. The van der Waals surface area contributed by atoms with Gasteiger partial charge in [-0.25, -0.2) is 0 Å². The van der Waals surface area contributed by atoms with Gasteiger partial charge in [-0.15, -0.1) is 0 Å². The number of fused-ring (bicyclic) bond motifs is 1. The summed E-state index contributed by atoms with van der Waals surface area (Å²) < 4.78 is 0. The second-order valence-electron chi connectivity index (χ2n) is 7.09. The third-order valence-electron chi connectivity index (χ3n) is 4.96. The molecule has 0 saturated carbocycles. The quantitative estimate of drug-likeness (QED) is 0.369. The molecule has 0 spiro atoms. The van der Waals surface area contributed by atoms with Crippen molar-refractivity contribution in [1.29, 1.82) is 0 Å². The monoisotopic (exact) mass is 419 g/mol. The molecule has 4 aromatic rings. The molecule has 0 fully saturated rings. The normalized spacial score (nSPS) is 10.9. The van der Waals surface area contributed by atoms with Crippen LogP contribution in [0.25, 0.3) is 10.8 Å². The smallest absolute Gasteiger partial charge is 0.255 e. The lowest BCUT2D eigenvalue weighted by atomic mass is 10.0. The highest BCUT2D eigenvalue weighted by Gasteiger charge is 2.08. The Kier molecular flexibility index (Phi) is 5.57. The number of benzene rings is 4. The number of hydrogen-bond donors (Lipinski definition) is 1. The van der Waals surface area contributed by atoms with Gasteiger partial charge in [0.1, 0.15) is 0 Å². The largest absolute Gasteiger partial charge is 0.322 e. The first-order chi connectivity index (χ1) is 14.0. The number of anilines is 1. The van der Waals surface area contributed by atoms with Gasteiger partial charge in [-0.3, -0.25) is 4.79 Å². The van der Waals surface area contributed by atoms with E-state index in [0.717, 1.165) is 34.0 Å². The Hall–Kier alpha value is -2.81. The lowest BCUT2D eigenvalue weighted by molar-refractivity contribution is 0.102. The number of carbonyl (C=O) groups excluding carboxylic acids is 1. The van der Waals surface area contributed by atoms with Crippen molar-refractivity contribution in [3.8, 4) is 0 Å². The van der Waals surface area contributed by atoms with E-state index >= 15 is 0 Å². The van der Waals surface area contributed by atoms with E-state index < -0.39 is 0 Å². The highest BCUT2D eigenvalue weighted by Crippen LogP contribution is 2.29. The molecular weight excluding hydrogens is 401 g/mol. The summed E-state index contributed by atoms with van der Waals surface area (Å²) in [5, 5.41) is 6.20. The van der Waals surface area contributed by atoms with Gasteiger partial charge in [0.25, 0.3) is 5.91 Å². The van der Waals surface area contributed by atoms with Gasteiger partial charge < -0.3 is 5.32 Å². The van der Waals surface area contributed by atoms with E-state index in [-0.39, 0.29) is 5.91 Å². The molecule has 0 aliphatic carbocycles. The minimum Gasteiger partial charge on any atom is -0.322 e. The summed E-state index contributed by atoms with van der Waals surface area (Å²) in [4.78, 5) is 12.5. The van der Waals surface area contributed by atoms with Gasteiger partial charge in [0.2, 0.25) is 0 Å². The number of aryl methyl sites for hydroxylation is 1. The molecule has 2 nitrogen and oxygen atoms in total. The molecule has 144 valence electrons. The Bertz CT molecular complexity index is 1200. The van der Waals surface area contributed by atoms with E-state index in [1.165, 1.54) is 5.56 Å². The lowest BCUT2D eigenvalue weighted by Gasteiger charge is -2.09. The van der Waals surface area contributed by atoms with Crippen molar-refractivity contribution in [3.63, 3.8) is 0 Å². The number of rotatable bonds is 4. The summed E-state index contributed by atoms with van der Waals surface area (Å²) >= 11 is 12.2. The molecule has 0 saturated heterocycles. The molecule has 4 aromatic carbocycles. The van der Waals surface area contributed by atoms with Crippen LogP contribution >= 0.6 is 23.2 Å². The van der Waals surface area contributed by atoms with Crippen LogP contribution in [-0.4, -0.2) is 5.91 Å². The van der Waals surface area contributed by atoms with Crippen LogP contribution in [0.4, 0.5) is 5.69 Å². The zero-order valence-corrected chi connectivity index (χ0v) is 17.4. The van der Waals surface area contributed by atoms with Crippen molar-refractivity contribution >= 4 is 45.6 Å². The van der Waals surface area contributed by atoms with Crippen molar-refractivity contribution in [2.24, 2.45) is 0 Å². The number of hydrogen-bond acceptors (Lipinski definition) is 1. The third-order valence-corrected chi connectivity index (χ3v) is 5.68. The summed E-state index contributed by atoms with van der Waals surface area (Å²) in [5.41, 5.74) is 4.81. The van der Waals surface area contributed by atoms with E-state index in [9.17, 15) is 4.79 Å². The van der Waals surface area contributed by atoms with E-state index in [1.807, 2.05) is 67.6 Å². The fourth-order valence-corrected chi connectivity index (χ4v) is 3.66. The number of carbonyl (C=O) groups is 1. The number of amides is 1. The maximum absolute atomic E-state index is 12.5. The Balaban J connectivity index is 1.49. The molecular formula is C25H19Cl2NO. The molecule has 4 heteroatoms. The maximum atomic E-state index is 12.5. The van der Waals surface area contributed by atoms with Crippen LogP contribution in [0.15, 0.2) is 78.9 Å². The second kappa shape index (κ2) is 8.28. The van der Waals surface area contributed by atoms with Crippen LogP contribution < -0.4 is 5.32 Å². The van der Waals surface area contributed by atoms with Crippen molar-refractivity contribution in [1.82, 2.24) is 0 Å². The first-order valence-electron chi connectivity index (χ1n) is 9.33. The van der Waals surface area contributed by atoms with Gasteiger partial charge in [0.05, 0.1) is 10.0 Å². The third kappa shape index (κ3) is 4.45. The van der Waals surface area contributed by atoms with Crippen LogP contribution in [0.1, 0.15) is 27.0 Å². The first kappa shape index (κ1) is 19.5. The zero-order valence-electron chi connectivity index (χ0n) is 15.9. The molecule has 29 heavy (non-hydrogen) atoms. The van der Waals surface area contributed by atoms with E-state index in [0.29, 0.717) is 15.6 Å². The van der Waals surface area contributed by atoms with Crippen LogP contribution in [-0.2, 0) is 6.42 Å². The van der Waals surface area contributed by atoms with Crippen LogP contribution in [0.2, 0.25) is 10.0 Å². The fourth-order valence-electron chi connectivity index (χ4n) is 3.32. The van der Waals surface area contributed by atoms with Gasteiger partial charge in [-0.1, -0.05) is 71.7 Å². The average molecular weight is 420 g/mol. The second-order valence-corrected chi connectivity index (χ2v) is 7.90. The fraction of sp³-hybridized carbons (Fsp3) is 0.0800. The lowest BCUT2D eigenvalue weighted by Crippen LogP contribution is -2.12. The molecule has 0 aliphatic heterocycles. The van der Waals surface area contributed by atoms with Crippen molar-refractivity contribution in [3.05, 3.63) is 111 Å². The molecule has 0 unspecified atom stereocenters. The summed E-state index contributed by atoms with van der Waals surface area (Å²) in [6.45, 7) is 1.98. The molecule has 0 heterocycles. The van der Waals surface area contributed by atoms with Gasteiger partial charge in [0.15, 0.2) is 0 Å². The first-order valence-corrected chi connectivity index (χ1v) is 10.1. The van der Waals surface area contributed by atoms with E-state index in [4.69, 9.17) is 23.2 Å². The highest BCUT2D eigenvalue weighted by atomic mass is 35.5. The predicted molar refractivity (Wildman–Crippen MR) is 122 cm³/mol. The summed E-state index contributed by atoms with van der Waals surface area (Å²) in [5.74, 6) is -0.108. The topological polar surface area (TPSA) is 29.1 Å². The summed E-state index contributed by atoms with van der Waals surface area (Å²) in [7, 11) is 0. The van der Waals surface area contributed by atoms with E-state index in [2.05, 4.69) is 23.5 Å². The molecule has 1 N–H and O–H groups in total. The molecule has 0 bridgehead atoms. The highest BCUT2D eigenvalue weighted by molar-refractivity contribution is 6.42. The van der Waals surface area contributed by atoms with Crippen LogP contribution in [0.5, 0.6) is 0 Å². The number of para-hydroxylation sites is 1. The van der Waals surface area contributed by atoms with Crippen molar-refractivity contribution < 1.29 is 4.79 Å². The average Bonchev–Trinajstić information content (AvgIpc) is 2.71. The summed E-state index contributed by atoms with van der Waals surface area (Å²) in [6.07, 6.45) is 0.774. The van der Waals surface area contributed by atoms with Gasteiger partial charge in [0, 0.05) is 11.3 Å². The Morgan fingerprint density at radius 3 is 2.17 bits per heavy atom. The van der Waals surface area contributed by atoms with Crippen molar-refractivity contribution in [2.45, 2.75) is 13.3 Å². The molecule has 0 atom stereocenters. The Labute approximate surface area is 180 Å². The van der Waals surface area contributed by atoms with Gasteiger partial charge >= 0.3 is 0 Å². The maximum Gasteiger partial charge on any atom is 0.255 e. The molecule has 0 aromatic heterocycles. The van der Waals surface area contributed by atoms with Crippen LogP contribution in [0.3, 0.4) is 0 Å². The molecule has 1 amide bonds. The Morgan fingerprint density at radius 1 is 0.793 bits per heavy atom. The predicted octanol–water partition coefficient (Wildman–Crippen LogP) is 7.30. The van der Waals surface area contributed by atoms with Gasteiger partial charge in [-0.05, 0) is 71.1 Å². The zero-order chi connectivity index (χ0) is 20.4. The molecule has 4 rings (SSSR count). The Morgan fingerprint density at radius 2 is 1.45 bits per heavy atom.